The molecule has 0 saturated carbocycles. The molecule has 9 nitrogen and oxygen atoms in total. The second kappa shape index (κ2) is 10.7. The fourth-order valence-electron chi connectivity index (χ4n) is 3.59. The first kappa shape index (κ1) is 22.5. The van der Waals surface area contributed by atoms with Gasteiger partial charge in [0.25, 0.3) is 11.6 Å². The van der Waals surface area contributed by atoms with Gasteiger partial charge in [0.05, 0.1) is 24.7 Å². The molecule has 1 heterocycles. The highest BCUT2D eigenvalue weighted by molar-refractivity contribution is 5.99. The maximum atomic E-state index is 12.9. The van der Waals surface area contributed by atoms with E-state index in [1.54, 1.807) is 0 Å². The summed E-state index contributed by atoms with van der Waals surface area (Å²) in [6.07, 6.45) is 0.779. The van der Waals surface area contributed by atoms with Gasteiger partial charge >= 0.3 is 0 Å². The average Bonchev–Trinajstić information content (AvgIpc) is 3.20. The molecule has 2 aromatic carbocycles. The molecule has 0 spiro atoms. The van der Waals surface area contributed by atoms with Crippen molar-refractivity contribution in [3.63, 3.8) is 0 Å². The number of nitro benzene ring substituents is 1. The van der Waals surface area contributed by atoms with Crippen LogP contribution in [0.25, 0.3) is 0 Å². The standard InChI is InChI=1S/C22H27N3O6/c1-29-10-11-31-21-13-19(25(27)28)18(12-20(21)30-2)22(26)23-17-8-9-24(15-17)14-16-6-4-3-5-7-16/h3-7,12-13,17H,8-11,14-15H2,1-2H3,(H,23,26)/t17-/m1/s1. The molecule has 0 bridgehead atoms. The third-order valence-corrected chi connectivity index (χ3v) is 5.12. The minimum Gasteiger partial charge on any atom is -0.493 e. The van der Waals surface area contributed by atoms with Crippen molar-refractivity contribution in [3.05, 3.63) is 63.7 Å². The lowest BCUT2D eigenvalue weighted by atomic mass is 10.1. The molecule has 1 N–H and O–H groups in total. The molecule has 1 atom stereocenters. The predicted molar refractivity (Wildman–Crippen MR) is 115 cm³/mol. The SMILES string of the molecule is COCCOc1cc([N+](=O)[O-])c(C(=O)N[C@@H]2CCN(Cc3ccccc3)C2)cc1OC. The number of carbonyl (C=O) groups is 1. The molecule has 9 heteroatoms. The van der Waals surface area contributed by atoms with Crippen LogP contribution in [0.15, 0.2) is 42.5 Å². The minimum absolute atomic E-state index is 0.0533. The number of ether oxygens (including phenoxy) is 3. The first-order chi connectivity index (χ1) is 15.0. The maximum Gasteiger partial charge on any atom is 0.286 e. The highest BCUT2D eigenvalue weighted by Gasteiger charge is 2.29. The van der Waals surface area contributed by atoms with Gasteiger partial charge in [-0.05, 0) is 12.0 Å². The summed E-state index contributed by atoms with van der Waals surface area (Å²) in [5, 5.41) is 14.5. The van der Waals surface area contributed by atoms with Gasteiger partial charge < -0.3 is 19.5 Å². The maximum absolute atomic E-state index is 12.9. The normalized spacial score (nSPS) is 16.1. The third kappa shape index (κ3) is 5.93. The summed E-state index contributed by atoms with van der Waals surface area (Å²) in [4.78, 5) is 26.1. The number of nitrogens with one attached hydrogen (secondary N) is 1. The van der Waals surface area contributed by atoms with Crippen molar-refractivity contribution in [1.82, 2.24) is 10.2 Å². The van der Waals surface area contributed by atoms with Crippen molar-refractivity contribution >= 4 is 11.6 Å². The molecule has 3 rings (SSSR count). The first-order valence-electron chi connectivity index (χ1n) is 10.1. The van der Waals surface area contributed by atoms with Gasteiger partial charge in [-0.15, -0.1) is 0 Å². The summed E-state index contributed by atoms with van der Waals surface area (Å²) in [6.45, 7) is 2.85. The summed E-state index contributed by atoms with van der Waals surface area (Å²) in [5.41, 5.74) is 0.825. The van der Waals surface area contributed by atoms with Crippen LogP contribution in [-0.4, -0.2) is 62.3 Å². The molecular formula is C22H27N3O6. The van der Waals surface area contributed by atoms with E-state index in [1.807, 2.05) is 18.2 Å². The smallest absolute Gasteiger partial charge is 0.286 e. The molecule has 31 heavy (non-hydrogen) atoms. The van der Waals surface area contributed by atoms with Crippen molar-refractivity contribution in [2.24, 2.45) is 0 Å². The summed E-state index contributed by atoms with van der Waals surface area (Å²) >= 11 is 0. The quantitative estimate of drug-likeness (QED) is 0.352. The number of likely N-dealkylation sites (tertiary alicyclic amines) is 1. The van der Waals surface area contributed by atoms with E-state index in [9.17, 15) is 14.9 Å². The lowest BCUT2D eigenvalue weighted by Gasteiger charge is -2.17. The van der Waals surface area contributed by atoms with E-state index in [4.69, 9.17) is 14.2 Å². The molecule has 0 aliphatic carbocycles. The fourth-order valence-corrected chi connectivity index (χ4v) is 3.59. The van der Waals surface area contributed by atoms with Crippen molar-refractivity contribution in [2.75, 3.05) is 40.5 Å². The largest absolute Gasteiger partial charge is 0.493 e. The van der Waals surface area contributed by atoms with Gasteiger partial charge in [-0.2, -0.15) is 0 Å². The molecule has 0 radical (unpaired) electrons. The molecule has 1 amide bonds. The summed E-state index contributed by atoms with van der Waals surface area (Å²) in [7, 11) is 2.95. The molecule has 0 unspecified atom stereocenters. The van der Waals surface area contributed by atoms with Crippen LogP contribution in [0.5, 0.6) is 11.5 Å². The van der Waals surface area contributed by atoms with Crippen LogP contribution in [0.4, 0.5) is 5.69 Å². The van der Waals surface area contributed by atoms with Gasteiger partial charge in [0.2, 0.25) is 0 Å². The van der Waals surface area contributed by atoms with Crippen LogP contribution in [0.2, 0.25) is 0 Å². The van der Waals surface area contributed by atoms with Gasteiger partial charge in [0.1, 0.15) is 12.2 Å². The zero-order valence-corrected chi connectivity index (χ0v) is 17.7. The Morgan fingerprint density at radius 3 is 2.65 bits per heavy atom. The molecule has 166 valence electrons. The summed E-state index contributed by atoms with van der Waals surface area (Å²) in [6, 6.07) is 12.6. The molecule has 1 aliphatic rings. The van der Waals surface area contributed by atoms with Crippen LogP contribution in [0, 0.1) is 10.1 Å². The van der Waals surface area contributed by atoms with Crippen molar-refractivity contribution in [2.45, 2.75) is 19.0 Å². The van der Waals surface area contributed by atoms with Gasteiger partial charge in [0, 0.05) is 38.9 Å². The van der Waals surface area contributed by atoms with Crippen LogP contribution >= 0.6 is 0 Å². The van der Waals surface area contributed by atoms with Crippen LogP contribution in [0.1, 0.15) is 22.3 Å². The summed E-state index contributed by atoms with van der Waals surface area (Å²) < 4.78 is 15.7. The number of benzene rings is 2. The lowest BCUT2D eigenvalue weighted by molar-refractivity contribution is -0.385. The van der Waals surface area contributed by atoms with E-state index < -0.39 is 10.8 Å². The van der Waals surface area contributed by atoms with E-state index in [2.05, 4.69) is 22.3 Å². The molecule has 0 aromatic heterocycles. The lowest BCUT2D eigenvalue weighted by Crippen LogP contribution is -2.37. The Morgan fingerprint density at radius 1 is 1.19 bits per heavy atom. The van der Waals surface area contributed by atoms with Crippen molar-refractivity contribution in [3.8, 4) is 11.5 Å². The van der Waals surface area contributed by atoms with E-state index in [1.165, 1.54) is 31.9 Å². The van der Waals surface area contributed by atoms with E-state index in [0.29, 0.717) is 13.2 Å². The Kier molecular flexibility index (Phi) is 7.80. The number of amides is 1. The van der Waals surface area contributed by atoms with Gasteiger partial charge in [-0.3, -0.25) is 19.8 Å². The number of nitrogens with zero attached hydrogens (tertiary/aromatic N) is 2. The van der Waals surface area contributed by atoms with E-state index in [-0.39, 0.29) is 35.4 Å². The Hall–Kier alpha value is -3.17. The molecule has 1 aliphatic heterocycles. The minimum atomic E-state index is -0.589. The van der Waals surface area contributed by atoms with Gasteiger partial charge in [-0.1, -0.05) is 30.3 Å². The van der Waals surface area contributed by atoms with Gasteiger partial charge in [-0.25, -0.2) is 0 Å². The number of hydrogen-bond acceptors (Lipinski definition) is 7. The Bertz CT molecular complexity index is 906. The molecule has 1 fully saturated rings. The predicted octanol–water partition coefficient (Wildman–Crippen LogP) is 2.63. The number of hydrogen-bond donors (Lipinski definition) is 1. The monoisotopic (exact) mass is 429 g/mol. The van der Waals surface area contributed by atoms with Crippen LogP contribution in [-0.2, 0) is 11.3 Å². The first-order valence-corrected chi connectivity index (χ1v) is 10.1. The van der Waals surface area contributed by atoms with Gasteiger partial charge in [0.15, 0.2) is 11.5 Å². The van der Waals surface area contributed by atoms with E-state index >= 15 is 0 Å². The van der Waals surface area contributed by atoms with Crippen LogP contribution < -0.4 is 14.8 Å². The topological polar surface area (TPSA) is 103 Å². The number of carbonyl (C=O) groups excluding carboxylic acids is 1. The van der Waals surface area contributed by atoms with Crippen LogP contribution in [0.3, 0.4) is 0 Å². The highest BCUT2D eigenvalue weighted by Crippen LogP contribution is 2.35. The Balaban J connectivity index is 1.69. The number of rotatable bonds is 10. The fraction of sp³-hybridized carbons (Fsp3) is 0.409. The Morgan fingerprint density at radius 2 is 1.97 bits per heavy atom. The number of nitro groups is 1. The average molecular weight is 429 g/mol. The Labute approximate surface area is 181 Å². The zero-order chi connectivity index (χ0) is 22.2. The van der Waals surface area contributed by atoms with Crippen molar-refractivity contribution < 1.29 is 23.9 Å². The molecule has 1 saturated heterocycles. The van der Waals surface area contributed by atoms with E-state index in [0.717, 1.165) is 19.5 Å². The summed E-state index contributed by atoms with van der Waals surface area (Å²) in [5.74, 6) is -0.0540. The highest BCUT2D eigenvalue weighted by atomic mass is 16.6. The second-order valence-electron chi connectivity index (χ2n) is 7.30. The second-order valence-corrected chi connectivity index (χ2v) is 7.30. The molecule has 2 aromatic rings. The third-order valence-electron chi connectivity index (χ3n) is 5.12. The molecular weight excluding hydrogens is 402 g/mol. The zero-order valence-electron chi connectivity index (χ0n) is 17.7. The number of methoxy groups -OCH3 is 2. The van der Waals surface area contributed by atoms with Crippen molar-refractivity contribution in [1.29, 1.82) is 0 Å².